The third-order valence-corrected chi connectivity index (χ3v) is 7.14. The van der Waals surface area contributed by atoms with Crippen LogP contribution in [0.15, 0.2) is 53.4 Å². The summed E-state index contributed by atoms with van der Waals surface area (Å²) in [6.45, 7) is 4.01. The highest BCUT2D eigenvalue weighted by molar-refractivity contribution is 7.89. The van der Waals surface area contributed by atoms with Crippen molar-refractivity contribution in [2.45, 2.75) is 43.5 Å². The number of piperidine rings is 1. The summed E-state index contributed by atoms with van der Waals surface area (Å²) < 4.78 is 32.6. The quantitative estimate of drug-likeness (QED) is 0.244. The Balaban J connectivity index is 1.30. The van der Waals surface area contributed by atoms with Gasteiger partial charge in [-0.05, 0) is 62.2 Å². The van der Waals surface area contributed by atoms with E-state index in [4.69, 9.17) is 4.74 Å². The van der Waals surface area contributed by atoms with Crippen molar-refractivity contribution in [2.75, 3.05) is 32.8 Å². The minimum atomic E-state index is -3.85. The van der Waals surface area contributed by atoms with Crippen LogP contribution in [-0.2, 0) is 21.4 Å². The second-order valence-corrected chi connectivity index (χ2v) is 10.2. The highest BCUT2D eigenvalue weighted by Crippen LogP contribution is 2.18. The lowest BCUT2D eigenvalue weighted by atomic mass is 10.1. The Kier molecular flexibility index (Phi) is 10.0. The Morgan fingerprint density at radius 2 is 1.80 bits per heavy atom. The minimum absolute atomic E-state index is 0.0222. The molecule has 0 bridgehead atoms. The zero-order chi connectivity index (χ0) is 25.1. The van der Waals surface area contributed by atoms with E-state index < -0.39 is 14.9 Å². The molecule has 2 N–H and O–H groups in total. The molecular formula is C24H32N4O6S. The molecule has 3 rings (SSSR count). The summed E-state index contributed by atoms with van der Waals surface area (Å²) in [5.41, 5.74) is 1.03. The predicted molar refractivity (Wildman–Crippen MR) is 132 cm³/mol. The lowest BCUT2D eigenvalue weighted by molar-refractivity contribution is -0.384. The second kappa shape index (κ2) is 13.2. The Morgan fingerprint density at radius 1 is 1.06 bits per heavy atom. The standard InChI is InChI=1S/C24H32N4O6S/c29-24(12-14-26-35(32,33)23-10-8-21(9-11-23)28(30)31)25-13-5-17-34-22-7-4-6-20(18-22)19-27-15-2-1-3-16-27/h4,6-11,18,26H,1-3,5,12-17,19H2,(H,25,29). The molecule has 1 aliphatic rings. The van der Waals surface area contributed by atoms with E-state index in [0.29, 0.717) is 19.6 Å². The van der Waals surface area contributed by atoms with Crippen molar-refractivity contribution in [3.05, 3.63) is 64.2 Å². The number of likely N-dealkylation sites (tertiary alicyclic amines) is 1. The Hall–Kier alpha value is -3.02. The molecule has 0 aliphatic carbocycles. The molecule has 0 aromatic heterocycles. The van der Waals surface area contributed by atoms with Crippen LogP contribution < -0.4 is 14.8 Å². The van der Waals surface area contributed by atoms with E-state index in [2.05, 4.69) is 27.1 Å². The minimum Gasteiger partial charge on any atom is -0.494 e. The molecule has 1 aliphatic heterocycles. The monoisotopic (exact) mass is 504 g/mol. The van der Waals surface area contributed by atoms with Gasteiger partial charge in [0, 0.05) is 38.2 Å². The van der Waals surface area contributed by atoms with E-state index in [0.717, 1.165) is 49.6 Å². The molecule has 0 spiro atoms. The van der Waals surface area contributed by atoms with Gasteiger partial charge in [-0.1, -0.05) is 18.6 Å². The zero-order valence-electron chi connectivity index (χ0n) is 19.6. The molecule has 0 radical (unpaired) electrons. The Labute approximate surface area is 205 Å². The van der Waals surface area contributed by atoms with Crippen LogP contribution in [0.5, 0.6) is 5.75 Å². The average molecular weight is 505 g/mol. The number of nitro groups is 1. The number of rotatable bonds is 13. The van der Waals surface area contributed by atoms with Crippen LogP contribution in [0.1, 0.15) is 37.7 Å². The van der Waals surface area contributed by atoms with E-state index in [-0.39, 0.29) is 29.5 Å². The van der Waals surface area contributed by atoms with Crippen molar-refractivity contribution in [3.8, 4) is 5.75 Å². The summed E-state index contributed by atoms with van der Waals surface area (Å²) in [5.74, 6) is 0.534. The zero-order valence-corrected chi connectivity index (χ0v) is 20.5. The molecule has 0 atom stereocenters. The number of nitrogens with zero attached hydrogens (tertiary/aromatic N) is 2. The largest absolute Gasteiger partial charge is 0.494 e. The molecule has 11 heteroatoms. The van der Waals surface area contributed by atoms with Gasteiger partial charge in [0.05, 0.1) is 16.4 Å². The van der Waals surface area contributed by atoms with Crippen LogP contribution in [-0.4, -0.2) is 56.9 Å². The van der Waals surface area contributed by atoms with Crippen molar-refractivity contribution in [1.29, 1.82) is 0 Å². The van der Waals surface area contributed by atoms with Crippen LogP contribution in [0.4, 0.5) is 5.69 Å². The van der Waals surface area contributed by atoms with Crippen molar-refractivity contribution >= 4 is 21.6 Å². The summed E-state index contributed by atoms with van der Waals surface area (Å²) in [4.78, 5) is 24.4. The van der Waals surface area contributed by atoms with Gasteiger partial charge in [-0.25, -0.2) is 13.1 Å². The highest BCUT2D eigenvalue weighted by atomic mass is 32.2. The number of hydrogen-bond donors (Lipinski definition) is 2. The molecule has 190 valence electrons. The van der Waals surface area contributed by atoms with Crippen molar-refractivity contribution in [3.63, 3.8) is 0 Å². The lowest BCUT2D eigenvalue weighted by Gasteiger charge is -2.26. The third kappa shape index (κ3) is 8.93. The fraction of sp³-hybridized carbons (Fsp3) is 0.458. The van der Waals surface area contributed by atoms with Gasteiger partial charge in [0.2, 0.25) is 15.9 Å². The van der Waals surface area contributed by atoms with Gasteiger partial charge >= 0.3 is 0 Å². The Bertz CT molecular complexity index is 1090. The smallest absolute Gasteiger partial charge is 0.269 e. The summed E-state index contributed by atoms with van der Waals surface area (Å²) in [7, 11) is -3.85. The highest BCUT2D eigenvalue weighted by Gasteiger charge is 2.16. The summed E-state index contributed by atoms with van der Waals surface area (Å²) in [6.07, 6.45) is 4.43. The van der Waals surface area contributed by atoms with Crippen LogP contribution in [0.25, 0.3) is 0 Å². The van der Waals surface area contributed by atoms with Crippen molar-refractivity contribution in [2.24, 2.45) is 0 Å². The van der Waals surface area contributed by atoms with Crippen molar-refractivity contribution in [1.82, 2.24) is 14.9 Å². The average Bonchev–Trinajstić information content (AvgIpc) is 2.84. The van der Waals surface area contributed by atoms with Gasteiger partial charge in [0.1, 0.15) is 5.75 Å². The molecular weight excluding hydrogens is 472 g/mol. The number of sulfonamides is 1. The van der Waals surface area contributed by atoms with E-state index in [1.54, 1.807) is 0 Å². The summed E-state index contributed by atoms with van der Waals surface area (Å²) in [5, 5.41) is 13.4. The fourth-order valence-corrected chi connectivity index (χ4v) is 4.85. The molecule has 1 heterocycles. The first kappa shape index (κ1) is 26.6. The van der Waals surface area contributed by atoms with Crippen LogP contribution in [0.2, 0.25) is 0 Å². The number of non-ortho nitro benzene ring substituents is 1. The van der Waals surface area contributed by atoms with Crippen LogP contribution >= 0.6 is 0 Å². The number of amides is 1. The first-order chi connectivity index (χ1) is 16.8. The maximum Gasteiger partial charge on any atom is 0.269 e. The third-order valence-electron chi connectivity index (χ3n) is 5.67. The number of carbonyl (C=O) groups excluding carboxylic acids is 1. The number of nitrogens with one attached hydrogen (secondary N) is 2. The maximum absolute atomic E-state index is 12.2. The van der Waals surface area contributed by atoms with Gasteiger partial charge in [-0.15, -0.1) is 0 Å². The van der Waals surface area contributed by atoms with Gasteiger partial charge < -0.3 is 10.1 Å². The first-order valence-corrected chi connectivity index (χ1v) is 13.3. The normalized spacial score (nSPS) is 14.4. The molecule has 1 fully saturated rings. The maximum atomic E-state index is 12.2. The van der Waals surface area contributed by atoms with E-state index in [1.165, 1.54) is 24.8 Å². The Morgan fingerprint density at radius 3 is 2.51 bits per heavy atom. The van der Waals surface area contributed by atoms with Gasteiger partial charge in [-0.2, -0.15) is 0 Å². The van der Waals surface area contributed by atoms with E-state index in [9.17, 15) is 23.3 Å². The number of ether oxygens (including phenoxy) is 1. The van der Waals surface area contributed by atoms with Gasteiger partial charge in [-0.3, -0.25) is 19.8 Å². The molecule has 1 amide bonds. The molecule has 35 heavy (non-hydrogen) atoms. The van der Waals surface area contributed by atoms with Gasteiger partial charge in [0.25, 0.3) is 5.69 Å². The first-order valence-electron chi connectivity index (χ1n) is 11.8. The second-order valence-electron chi connectivity index (χ2n) is 8.43. The lowest BCUT2D eigenvalue weighted by Crippen LogP contribution is -2.31. The predicted octanol–water partition coefficient (Wildman–Crippen LogP) is 2.83. The number of hydrogen-bond acceptors (Lipinski definition) is 7. The van der Waals surface area contributed by atoms with Crippen molar-refractivity contribution < 1.29 is 22.9 Å². The molecule has 1 saturated heterocycles. The van der Waals surface area contributed by atoms with Gasteiger partial charge in [0.15, 0.2) is 0 Å². The molecule has 0 saturated carbocycles. The fourth-order valence-electron chi connectivity index (χ4n) is 3.82. The SMILES string of the molecule is O=C(CCNS(=O)(=O)c1ccc([N+](=O)[O-])cc1)NCCCOc1cccc(CN2CCCCC2)c1. The summed E-state index contributed by atoms with van der Waals surface area (Å²) in [6, 6.07) is 12.6. The number of nitro benzene ring substituents is 1. The summed E-state index contributed by atoms with van der Waals surface area (Å²) >= 11 is 0. The molecule has 0 unspecified atom stereocenters. The van der Waals surface area contributed by atoms with Crippen LogP contribution in [0.3, 0.4) is 0 Å². The molecule has 10 nitrogen and oxygen atoms in total. The van der Waals surface area contributed by atoms with E-state index in [1.807, 2.05) is 12.1 Å². The topological polar surface area (TPSA) is 131 Å². The number of carbonyl (C=O) groups is 1. The van der Waals surface area contributed by atoms with Crippen LogP contribution in [0, 0.1) is 10.1 Å². The number of benzene rings is 2. The van der Waals surface area contributed by atoms with E-state index >= 15 is 0 Å². The molecule has 2 aromatic rings. The molecule has 2 aromatic carbocycles.